The van der Waals surface area contributed by atoms with Crippen LogP contribution in [-0.4, -0.2) is 26.1 Å². The number of nitriles is 1. The molecule has 1 atom stereocenters. The van der Waals surface area contributed by atoms with E-state index in [1.165, 1.54) is 0 Å². The van der Waals surface area contributed by atoms with Crippen LogP contribution >= 0.6 is 0 Å². The van der Waals surface area contributed by atoms with Crippen LogP contribution in [0.15, 0.2) is 0 Å². The number of nitrogens with zero attached hydrogens (tertiary/aromatic N) is 1. The highest BCUT2D eigenvalue weighted by Gasteiger charge is 2.36. The summed E-state index contributed by atoms with van der Waals surface area (Å²) >= 11 is 0. The maximum Gasteiger partial charge on any atom is 0.191 e. The second-order valence-electron chi connectivity index (χ2n) is 5.41. The fourth-order valence-electron chi connectivity index (χ4n) is 0.874. The SMILES string of the molecule is CC(C)(C)[Si](C)(C)OCC[C@H](O)CC#N. The van der Waals surface area contributed by atoms with Crippen LogP contribution in [0.1, 0.15) is 33.6 Å². The molecule has 0 spiro atoms. The Bertz CT molecular complexity index is 228. The first-order valence-corrected chi connectivity index (χ1v) is 8.30. The topological polar surface area (TPSA) is 53.2 Å². The number of hydrogen-bond donors (Lipinski definition) is 1. The smallest absolute Gasteiger partial charge is 0.191 e. The van der Waals surface area contributed by atoms with Gasteiger partial charge in [0, 0.05) is 6.61 Å². The molecule has 0 bridgehead atoms. The molecule has 0 aliphatic heterocycles. The van der Waals surface area contributed by atoms with Crippen molar-refractivity contribution in [2.24, 2.45) is 0 Å². The number of aliphatic hydroxyl groups is 1. The van der Waals surface area contributed by atoms with Crippen molar-refractivity contribution < 1.29 is 9.53 Å². The maximum atomic E-state index is 9.36. The molecular weight excluding hydrogens is 206 g/mol. The van der Waals surface area contributed by atoms with Crippen LogP contribution in [0.2, 0.25) is 18.1 Å². The predicted octanol–water partition coefficient (Wildman–Crippen LogP) is 2.67. The van der Waals surface area contributed by atoms with Crippen LogP contribution in [-0.2, 0) is 4.43 Å². The first kappa shape index (κ1) is 14.6. The molecule has 4 heteroatoms. The molecule has 0 aliphatic carbocycles. The van der Waals surface area contributed by atoms with E-state index in [1.54, 1.807) is 0 Å². The van der Waals surface area contributed by atoms with E-state index < -0.39 is 14.4 Å². The third-order valence-corrected chi connectivity index (χ3v) is 7.59. The van der Waals surface area contributed by atoms with Crippen molar-refractivity contribution in [1.82, 2.24) is 0 Å². The van der Waals surface area contributed by atoms with Gasteiger partial charge < -0.3 is 9.53 Å². The average Bonchev–Trinajstić information content (AvgIpc) is 2.01. The van der Waals surface area contributed by atoms with Gasteiger partial charge in [0.25, 0.3) is 0 Å². The second-order valence-corrected chi connectivity index (χ2v) is 10.2. The summed E-state index contributed by atoms with van der Waals surface area (Å²) in [6.45, 7) is 11.5. The quantitative estimate of drug-likeness (QED) is 0.737. The molecule has 0 radical (unpaired) electrons. The third kappa shape index (κ3) is 5.31. The van der Waals surface area contributed by atoms with Gasteiger partial charge in [-0.3, -0.25) is 0 Å². The first-order chi connectivity index (χ1) is 6.70. The number of rotatable bonds is 5. The van der Waals surface area contributed by atoms with Gasteiger partial charge in [-0.1, -0.05) is 20.8 Å². The Morgan fingerprint density at radius 1 is 1.40 bits per heavy atom. The predicted molar refractivity (Wildman–Crippen MR) is 64.0 cm³/mol. The molecule has 0 aromatic heterocycles. The highest BCUT2D eigenvalue weighted by atomic mass is 28.4. The van der Waals surface area contributed by atoms with E-state index in [2.05, 4.69) is 33.9 Å². The minimum Gasteiger partial charge on any atom is -0.417 e. The maximum absolute atomic E-state index is 9.36. The highest BCUT2D eigenvalue weighted by Crippen LogP contribution is 2.36. The lowest BCUT2D eigenvalue weighted by Crippen LogP contribution is -2.41. The Morgan fingerprint density at radius 3 is 2.33 bits per heavy atom. The van der Waals surface area contributed by atoms with E-state index in [0.717, 1.165) is 0 Å². The molecule has 0 amide bonds. The molecule has 0 heterocycles. The lowest BCUT2D eigenvalue weighted by molar-refractivity contribution is 0.139. The van der Waals surface area contributed by atoms with Crippen molar-refractivity contribution in [2.45, 2.75) is 57.8 Å². The van der Waals surface area contributed by atoms with E-state index in [9.17, 15) is 5.11 Å². The molecule has 88 valence electrons. The minimum atomic E-state index is -1.69. The van der Waals surface area contributed by atoms with Gasteiger partial charge >= 0.3 is 0 Å². The van der Waals surface area contributed by atoms with E-state index in [0.29, 0.717) is 13.0 Å². The summed E-state index contributed by atoms with van der Waals surface area (Å²) in [5, 5.41) is 17.9. The standard InChI is InChI=1S/C11H23NO2Si/c1-11(2,3)15(4,5)14-9-7-10(13)6-8-12/h10,13H,6-7,9H2,1-5H3/t10-/m1/s1. The Morgan fingerprint density at radius 2 is 1.93 bits per heavy atom. The molecule has 0 unspecified atom stereocenters. The molecule has 0 saturated carbocycles. The van der Waals surface area contributed by atoms with E-state index >= 15 is 0 Å². The summed E-state index contributed by atoms with van der Waals surface area (Å²) in [6.07, 6.45) is 0.209. The average molecular weight is 229 g/mol. The Hall–Kier alpha value is -0.373. The van der Waals surface area contributed by atoms with Crippen LogP contribution in [0.5, 0.6) is 0 Å². The van der Waals surface area contributed by atoms with Crippen molar-refractivity contribution in [3.8, 4) is 6.07 Å². The summed E-state index contributed by atoms with van der Waals surface area (Å²) in [7, 11) is -1.69. The fraction of sp³-hybridized carbons (Fsp3) is 0.909. The van der Waals surface area contributed by atoms with Crippen LogP contribution in [0.4, 0.5) is 0 Å². The second kappa shape index (κ2) is 5.64. The lowest BCUT2D eigenvalue weighted by Gasteiger charge is -2.36. The number of aliphatic hydroxyl groups excluding tert-OH is 1. The van der Waals surface area contributed by atoms with E-state index in [-0.39, 0.29) is 11.5 Å². The molecule has 0 fully saturated rings. The van der Waals surface area contributed by atoms with Gasteiger partial charge in [0.05, 0.1) is 18.6 Å². The Kier molecular flexibility index (Phi) is 5.50. The van der Waals surface area contributed by atoms with Crippen LogP contribution in [0, 0.1) is 11.3 Å². The molecule has 0 aliphatic rings. The van der Waals surface area contributed by atoms with Gasteiger partial charge in [-0.25, -0.2) is 0 Å². The summed E-state index contributed by atoms with van der Waals surface area (Å²) in [4.78, 5) is 0. The van der Waals surface area contributed by atoms with Gasteiger partial charge in [0.15, 0.2) is 8.32 Å². The van der Waals surface area contributed by atoms with Crippen molar-refractivity contribution in [3.63, 3.8) is 0 Å². The molecule has 0 rings (SSSR count). The van der Waals surface area contributed by atoms with E-state index in [4.69, 9.17) is 9.69 Å². The Labute approximate surface area is 94.2 Å². The number of hydrogen-bond acceptors (Lipinski definition) is 3. The van der Waals surface area contributed by atoms with Crippen molar-refractivity contribution in [3.05, 3.63) is 0 Å². The van der Waals surface area contributed by atoms with Crippen LogP contribution in [0.25, 0.3) is 0 Å². The molecule has 3 nitrogen and oxygen atoms in total. The summed E-state index contributed by atoms with van der Waals surface area (Å²) < 4.78 is 5.88. The van der Waals surface area contributed by atoms with Crippen molar-refractivity contribution in [2.75, 3.05) is 6.61 Å². The van der Waals surface area contributed by atoms with Gasteiger partial charge in [0.1, 0.15) is 0 Å². The zero-order chi connectivity index (χ0) is 12.1. The van der Waals surface area contributed by atoms with Crippen LogP contribution in [0.3, 0.4) is 0 Å². The molecule has 15 heavy (non-hydrogen) atoms. The zero-order valence-electron chi connectivity index (χ0n) is 10.5. The normalized spacial score (nSPS) is 14.7. The van der Waals surface area contributed by atoms with Gasteiger partial charge in [0.2, 0.25) is 0 Å². The van der Waals surface area contributed by atoms with Crippen molar-refractivity contribution >= 4 is 8.32 Å². The summed E-state index contributed by atoms with van der Waals surface area (Å²) in [5.41, 5.74) is 0. The zero-order valence-corrected chi connectivity index (χ0v) is 11.5. The largest absolute Gasteiger partial charge is 0.417 e. The first-order valence-electron chi connectivity index (χ1n) is 5.39. The van der Waals surface area contributed by atoms with Gasteiger partial charge in [-0.2, -0.15) is 5.26 Å². The summed E-state index contributed by atoms with van der Waals surface area (Å²) in [5.74, 6) is 0. The molecule has 0 aromatic rings. The molecule has 0 saturated heterocycles. The molecule has 0 aromatic carbocycles. The third-order valence-electron chi connectivity index (χ3n) is 3.05. The Balaban J connectivity index is 3.92. The van der Waals surface area contributed by atoms with Crippen LogP contribution < -0.4 is 0 Å². The van der Waals surface area contributed by atoms with Gasteiger partial charge in [-0.15, -0.1) is 0 Å². The summed E-state index contributed by atoms with van der Waals surface area (Å²) in [6, 6.07) is 1.95. The van der Waals surface area contributed by atoms with Crippen molar-refractivity contribution in [1.29, 1.82) is 5.26 Å². The monoisotopic (exact) mass is 229 g/mol. The molecule has 1 N–H and O–H groups in total. The minimum absolute atomic E-state index is 0.195. The lowest BCUT2D eigenvalue weighted by atomic mass is 10.2. The van der Waals surface area contributed by atoms with E-state index in [1.807, 2.05) is 6.07 Å². The molecular formula is C11H23NO2Si. The highest BCUT2D eigenvalue weighted by molar-refractivity contribution is 6.74. The fourth-order valence-corrected chi connectivity index (χ4v) is 1.94. The van der Waals surface area contributed by atoms with Gasteiger partial charge in [-0.05, 0) is 24.6 Å².